The third kappa shape index (κ3) is 0.572. The third-order valence-electron chi connectivity index (χ3n) is 1.04. The Morgan fingerprint density at radius 2 is 2.00 bits per heavy atom. The maximum Gasteiger partial charge on any atom is 0.398 e. The van der Waals surface area contributed by atoms with Gasteiger partial charge in [-0.05, 0) is 0 Å². The lowest BCUT2D eigenvalue weighted by Crippen LogP contribution is -2.12. The van der Waals surface area contributed by atoms with E-state index in [0.717, 1.165) is 13.2 Å². The zero-order valence-corrected chi connectivity index (χ0v) is 4.72. The molecule has 3 nitrogen and oxygen atoms in total. The van der Waals surface area contributed by atoms with E-state index in [1.807, 2.05) is 0 Å². The van der Waals surface area contributed by atoms with Gasteiger partial charge < -0.3 is 0 Å². The molecule has 0 amide bonds. The summed E-state index contributed by atoms with van der Waals surface area (Å²) in [5.41, 5.74) is 0. The van der Waals surface area contributed by atoms with E-state index in [0.29, 0.717) is 0 Å². The summed E-state index contributed by atoms with van der Waals surface area (Å²) in [6.07, 6.45) is 0.272. The van der Waals surface area contributed by atoms with Gasteiger partial charge in [0.05, 0.1) is 0 Å². The van der Waals surface area contributed by atoms with Gasteiger partial charge in [0.2, 0.25) is 0 Å². The van der Waals surface area contributed by atoms with Gasteiger partial charge in [-0.25, -0.2) is 0 Å². The zero-order valence-electron chi connectivity index (χ0n) is 3.72. The minimum atomic E-state index is -1.18. The molecule has 0 unspecified atom stereocenters. The smallest absolute Gasteiger partial charge is 0.177 e. The molecule has 0 aromatic rings. The predicted molar refractivity (Wildman–Crippen MR) is 25.1 cm³/mol. The molecule has 2 bridgehead atoms. The SMILES string of the molecule is C1O[PH+]2OCC1O2. The highest BCUT2D eigenvalue weighted by Crippen LogP contribution is 2.51. The van der Waals surface area contributed by atoms with Crippen LogP contribution in [0, 0.1) is 0 Å². The van der Waals surface area contributed by atoms with Crippen molar-refractivity contribution in [1.82, 2.24) is 0 Å². The van der Waals surface area contributed by atoms with E-state index >= 15 is 0 Å². The van der Waals surface area contributed by atoms with Crippen LogP contribution in [0.1, 0.15) is 0 Å². The molecule has 40 valence electrons. The minimum absolute atomic E-state index is 0.272. The van der Waals surface area contributed by atoms with Crippen LogP contribution < -0.4 is 0 Å². The van der Waals surface area contributed by atoms with E-state index in [-0.39, 0.29) is 6.10 Å². The highest BCUT2D eigenvalue weighted by Gasteiger charge is 2.44. The largest absolute Gasteiger partial charge is 0.398 e. The number of hydrogen-bond donors (Lipinski definition) is 0. The first-order chi connectivity index (χ1) is 3.45. The van der Waals surface area contributed by atoms with E-state index in [1.165, 1.54) is 0 Å². The molecule has 2 fully saturated rings. The van der Waals surface area contributed by atoms with Gasteiger partial charge in [0.1, 0.15) is 13.2 Å². The van der Waals surface area contributed by atoms with E-state index < -0.39 is 8.60 Å². The molecule has 0 saturated carbocycles. The monoisotopic (exact) mass is 121 g/mol. The first kappa shape index (κ1) is 4.21. The Bertz CT molecular complexity index is 68.2. The number of hydrogen-bond acceptors (Lipinski definition) is 3. The molecular formula is C3H6O3P+. The van der Waals surface area contributed by atoms with Gasteiger partial charge >= 0.3 is 8.60 Å². The standard InChI is InChI=1S/C3H6O3P/c1-3-2-5-7(4-1)6-3/h3,7H,1-2H2/q+1. The van der Waals surface area contributed by atoms with Crippen LogP contribution in [0.3, 0.4) is 0 Å². The van der Waals surface area contributed by atoms with E-state index in [1.54, 1.807) is 0 Å². The second-order valence-electron chi connectivity index (χ2n) is 1.61. The Labute approximate surface area is 42.6 Å². The van der Waals surface area contributed by atoms with Crippen molar-refractivity contribution in [2.24, 2.45) is 0 Å². The first-order valence-electron chi connectivity index (χ1n) is 2.24. The molecule has 2 aliphatic heterocycles. The average molecular weight is 121 g/mol. The molecule has 0 radical (unpaired) electrons. The quantitative estimate of drug-likeness (QED) is 0.434. The predicted octanol–water partition coefficient (Wildman–Crippen LogP) is 0.391. The molecule has 0 aromatic heterocycles. The molecule has 2 heterocycles. The maximum absolute atomic E-state index is 5.13. The van der Waals surface area contributed by atoms with E-state index in [9.17, 15) is 0 Å². The fourth-order valence-electron chi connectivity index (χ4n) is 0.684. The average Bonchev–Trinajstić information content (AvgIpc) is 2.22. The molecule has 4 heteroatoms. The molecule has 2 saturated heterocycles. The molecule has 0 aliphatic carbocycles. The summed E-state index contributed by atoms with van der Waals surface area (Å²) in [7, 11) is -1.18. The van der Waals surface area contributed by atoms with Crippen LogP contribution >= 0.6 is 8.60 Å². The molecule has 0 aromatic carbocycles. The summed E-state index contributed by atoms with van der Waals surface area (Å²) in [4.78, 5) is 0. The van der Waals surface area contributed by atoms with Crippen LogP contribution in [-0.4, -0.2) is 19.3 Å². The van der Waals surface area contributed by atoms with Gasteiger partial charge in [0, 0.05) is 0 Å². The molecule has 2 rings (SSSR count). The Kier molecular flexibility index (Phi) is 0.837. The van der Waals surface area contributed by atoms with E-state index in [2.05, 4.69) is 0 Å². The molecule has 7 heavy (non-hydrogen) atoms. The first-order valence-corrected chi connectivity index (χ1v) is 3.47. The molecule has 0 N–H and O–H groups in total. The summed E-state index contributed by atoms with van der Waals surface area (Å²) < 4.78 is 15.1. The van der Waals surface area contributed by atoms with Gasteiger partial charge in [-0.1, -0.05) is 0 Å². The van der Waals surface area contributed by atoms with Crippen LogP contribution in [0.25, 0.3) is 0 Å². The Hall–Kier alpha value is 0.310. The molecular weight excluding hydrogens is 115 g/mol. The minimum Gasteiger partial charge on any atom is -0.177 e. The van der Waals surface area contributed by atoms with Gasteiger partial charge in [-0.3, -0.25) is 0 Å². The second kappa shape index (κ2) is 1.39. The van der Waals surface area contributed by atoms with Crippen molar-refractivity contribution >= 4 is 8.60 Å². The fourth-order valence-corrected chi connectivity index (χ4v) is 1.96. The van der Waals surface area contributed by atoms with Crippen molar-refractivity contribution in [2.75, 3.05) is 13.2 Å². The third-order valence-corrected chi connectivity index (χ3v) is 2.37. The molecule has 0 spiro atoms. The zero-order chi connectivity index (χ0) is 4.69. The summed E-state index contributed by atoms with van der Waals surface area (Å²) in [5.74, 6) is 0. The van der Waals surface area contributed by atoms with Crippen LogP contribution in [0.15, 0.2) is 0 Å². The highest BCUT2D eigenvalue weighted by atomic mass is 31.2. The van der Waals surface area contributed by atoms with Gasteiger partial charge in [0.15, 0.2) is 6.10 Å². The number of fused-ring (bicyclic) bond motifs is 2. The van der Waals surface area contributed by atoms with Crippen LogP contribution in [0.5, 0.6) is 0 Å². The van der Waals surface area contributed by atoms with Crippen molar-refractivity contribution in [3.05, 3.63) is 0 Å². The molecule has 2 aliphatic rings. The number of rotatable bonds is 0. The topological polar surface area (TPSA) is 27.7 Å². The molecule has 0 atom stereocenters. The summed E-state index contributed by atoms with van der Waals surface area (Å²) >= 11 is 0. The van der Waals surface area contributed by atoms with E-state index in [4.69, 9.17) is 13.6 Å². The Morgan fingerprint density at radius 1 is 1.29 bits per heavy atom. The normalized spacial score (nSPS) is 48.0. The highest BCUT2D eigenvalue weighted by molar-refractivity contribution is 7.42. The van der Waals surface area contributed by atoms with Gasteiger partial charge in [-0.2, -0.15) is 13.6 Å². The van der Waals surface area contributed by atoms with Crippen molar-refractivity contribution in [3.63, 3.8) is 0 Å². The summed E-state index contributed by atoms with van der Waals surface area (Å²) in [6, 6.07) is 0. The van der Waals surface area contributed by atoms with Gasteiger partial charge in [-0.15, -0.1) is 0 Å². The second-order valence-corrected chi connectivity index (χ2v) is 2.92. The summed E-state index contributed by atoms with van der Waals surface area (Å²) in [5, 5.41) is 0. The summed E-state index contributed by atoms with van der Waals surface area (Å²) in [6.45, 7) is 1.52. The van der Waals surface area contributed by atoms with Crippen molar-refractivity contribution in [2.45, 2.75) is 6.10 Å². The Balaban J connectivity index is 2.12. The fraction of sp³-hybridized carbons (Fsp3) is 1.00. The van der Waals surface area contributed by atoms with Crippen LogP contribution in [0.4, 0.5) is 0 Å². The van der Waals surface area contributed by atoms with Crippen LogP contribution in [-0.2, 0) is 13.6 Å². The van der Waals surface area contributed by atoms with Crippen molar-refractivity contribution in [1.29, 1.82) is 0 Å². The van der Waals surface area contributed by atoms with Crippen LogP contribution in [0.2, 0.25) is 0 Å². The van der Waals surface area contributed by atoms with Crippen molar-refractivity contribution < 1.29 is 13.6 Å². The maximum atomic E-state index is 5.13. The lowest BCUT2D eigenvalue weighted by Gasteiger charge is -1.93. The lowest BCUT2D eigenvalue weighted by atomic mass is 10.4. The van der Waals surface area contributed by atoms with Crippen molar-refractivity contribution in [3.8, 4) is 0 Å². The van der Waals surface area contributed by atoms with Gasteiger partial charge in [0.25, 0.3) is 0 Å². The lowest BCUT2D eigenvalue weighted by molar-refractivity contribution is 0.179. The Morgan fingerprint density at radius 3 is 2.14 bits per heavy atom.